The van der Waals surface area contributed by atoms with Gasteiger partial charge in [0, 0.05) is 13.6 Å². The van der Waals surface area contributed by atoms with Crippen LogP contribution in [0.25, 0.3) is 0 Å². The number of likely N-dealkylation sites (N-methyl/N-ethyl adjacent to an activating group) is 1. The van der Waals surface area contributed by atoms with Crippen LogP contribution < -0.4 is 5.73 Å². The Morgan fingerprint density at radius 1 is 1.56 bits per heavy atom. The van der Waals surface area contributed by atoms with E-state index in [9.17, 15) is 4.79 Å². The van der Waals surface area contributed by atoms with E-state index in [2.05, 4.69) is 15.9 Å². The van der Waals surface area contributed by atoms with Crippen LogP contribution in [-0.4, -0.2) is 23.9 Å². The van der Waals surface area contributed by atoms with E-state index in [0.717, 1.165) is 9.35 Å². The highest BCUT2D eigenvalue weighted by atomic mass is 79.9. The molecule has 0 unspecified atom stereocenters. The summed E-state index contributed by atoms with van der Waals surface area (Å²) >= 11 is 5.03. The molecule has 0 aromatic carbocycles. The Morgan fingerprint density at radius 2 is 2.11 bits per heavy atom. The minimum absolute atomic E-state index is 0. The van der Waals surface area contributed by atoms with Crippen LogP contribution in [0.15, 0.2) is 15.2 Å². The SMILES string of the molecule is CN(Cc1csc(Br)c1)C(=O)[C@@H](N)C(C)(C)C.Cl. The molecule has 0 bridgehead atoms. The van der Waals surface area contributed by atoms with Gasteiger partial charge in [-0.25, -0.2) is 0 Å². The number of thiophene rings is 1. The van der Waals surface area contributed by atoms with Crippen molar-refractivity contribution in [1.29, 1.82) is 0 Å². The number of carbonyl (C=O) groups is 1. The topological polar surface area (TPSA) is 46.3 Å². The standard InChI is InChI=1S/C12H19BrN2OS.ClH/c1-12(2,3)10(14)11(16)15(4)6-8-5-9(13)17-7-8;/h5,7,10H,6,14H2,1-4H3;1H/t10-;/m1./s1. The lowest BCUT2D eigenvalue weighted by Gasteiger charge is -2.29. The maximum atomic E-state index is 12.1. The normalized spacial score (nSPS) is 12.8. The maximum absolute atomic E-state index is 12.1. The van der Waals surface area contributed by atoms with Crippen LogP contribution in [0, 0.1) is 5.41 Å². The molecule has 1 aromatic rings. The summed E-state index contributed by atoms with van der Waals surface area (Å²) in [6.45, 7) is 6.53. The Morgan fingerprint density at radius 3 is 2.50 bits per heavy atom. The van der Waals surface area contributed by atoms with Crippen LogP contribution in [-0.2, 0) is 11.3 Å². The molecular weight excluding hydrogens is 336 g/mol. The second-order valence-electron chi connectivity index (χ2n) is 5.30. The van der Waals surface area contributed by atoms with E-state index in [4.69, 9.17) is 5.73 Å². The summed E-state index contributed by atoms with van der Waals surface area (Å²) in [4.78, 5) is 13.8. The first-order chi connectivity index (χ1) is 7.71. The predicted molar refractivity (Wildman–Crippen MR) is 83.2 cm³/mol. The molecule has 0 radical (unpaired) electrons. The third-order valence-electron chi connectivity index (χ3n) is 2.62. The highest BCUT2D eigenvalue weighted by Gasteiger charge is 2.29. The molecule has 0 aliphatic rings. The van der Waals surface area contributed by atoms with E-state index < -0.39 is 6.04 Å². The zero-order valence-corrected chi connectivity index (χ0v) is 14.3. The Kier molecular flexibility index (Phi) is 6.85. The molecule has 0 aliphatic heterocycles. The van der Waals surface area contributed by atoms with Crippen molar-refractivity contribution in [2.24, 2.45) is 11.1 Å². The molecule has 6 heteroatoms. The Balaban J connectivity index is 0.00000289. The van der Waals surface area contributed by atoms with Crippen molar-refractivity contribution < 1.29 is 4.79 Å². The van der Waals surface area contributed by atoms with E-state index in [1.807, 2.05) is 32.2 Å². The number of carbonyl (C=O) groups excluding carboxylic acids is 1. The lowest BCUT2D eigenvalue weighted by Crippen LogP contribution is -2.48. The van der Waals surface area contributed by atoms with Crippen molar-refractivity contribution in [3.8, 4) is 0 Å². The Labute approximate surface area is 127 Å². The predicted octanol–water partition coefficient (Wildman–Crippen LogP) is 3.26. The van der Waals surface area contributed by atoms with Crippen LogP contribution in [0.4, 0.5) is 0 Å². The molecule has 1 atom stereocenters. The van der Waals surface area contributed by atoms with Gasteiger partial charge in [0.1, 0.15) is 0 Å². The van der Waals surface area contributed by atoms with Gasteiger partial charge in [0.2, 0.25) is 5.91 Å². The monoisotopic (exact) mass is 354 g/mol. The summed E-state index contributed by atoms with van der Waals surface area (Å²) in [6, 6.07) is 1.56. The first kappa shape index (κ1) is 17.9. The van der Waals surface area contributed by atoms with E-state index >= 15 is 0 Å². The van der Waals surface area contributed by atoms with Crippen LogP contribution in [0.2, 0.25) is 0 Å². The van der Waals surface area contributed by atoms with E-state index in [0.29, 0.717) is 6.54 Å². The van der Waals surface area contributed by atoms with Gasteiger partial charge >= 0.3 is 0 Å². The maximum Gasteiger partial charge on any atom is 0.240 e. The summed E-state index contributed by atoms with van der Waals surface area (Å²) in [5.74, 6) is -0.0141. The number of hydrogen-bond donors (Lipinski definition) is 1. The van der Waals surface area contributed by atoms with Gasteiger partial charge in [-0.05, 0) is 38.4 Å². The third kappa shape index (κ3) is 4.88. The average molecular weight is 356 g/mol. The lowest BCUT2D eigenvalue weighted by molar-refractivity contribution is -0.134. The van der Waals surface area contributed by atoms with Crippen molar-refractivity contribution in [2.75, 3.05) is 7.05 Å². The van der Waals surface area contributed by atoms with E-state index in [1.165, 1.54) is 0 Å². The molecule has 0 saturated carbocycles. The van der Waals surface area contributed by atoms with Gasteiger partial charge in [-0.3, -0.25) is 4.79 Å². The number of nitrogens with zero attached hydrogens (tertiary/aromatic N) is 1. The molecule has 1 amide bonds. The van der Waals surface area contributed by atoms with Crippen LogP contribution in [0.1, 0.15) is 26.3 Å². The molecule has 1 aromatic heterocycles. The quantitative estimate of drug-likeness (QED) is 0.904. The second-order valence-corrected chi connectivity index (χ2v) is 7.59. The largest absolute Gasteiger partial charge is 0.340 e. The molecule has 0 fully saturated rings. The average Bonchev–Trinajstić information content (AvgIpc) is 2.60. The number of rotatable bonds is 3. The highest BCUT2D eigenvalue weighted by molar-refractivity contribution is 9.11. The van der Waals surface area contributed by atoms with Crippen LogP contribution >= 0.6 is 39.7 Å². The summed E-state index contributed by atoms with van der Waals surface area (Å²) in [5, 5.41) is 2.04. The smallest absolute Gasteiger partial charge is 0.240 e. The summed E-state index contributed by atoms with van der Waals surface area (Å²) < 4.78 is 1.08. The molecule has 18 heavy (non-hydrogen) atoms. The van der Waals surface area contributed by atoms with Crippen molar-refractivity contribution in [3.05, 3.63) is 20.8 Å². The Bertz CT molecular complexity index is 403. The minimum atomic E-state index is -0.463. The minimum Gasteiger partial charge on any atom is -0.340 e. The summed E-state index contributed by atoms with van der Waals surface area (Å²) in [5.41, 5.74) is 6.87. The Hall–Kier alpha value is -0.100. The van der Waals surface area contributed by atoms with Gasteiger partial charge in [-0.15, -0.1) is 23.7 Å². The fourth-order valence-electron chi connectivity index (χ4n) is 1.39. The van der Waals surface area contributed by atoms with E-state index in [-0.39, 0.29) is 23.7 Å². The van der Waals surface area contributed by atoms with Crippen LogP contribution in [0.3, 0.4) is 0 Å². The first-order valence-electron chi connectivity index (χ1n) is 5.45. The number of nitrogens with two attached hydrogens (primary N) is 1. The van der Waals surface area contributed by atoms with Gasteiger partial charge in [0.25, 0.3) is 0 Å². The van der Waals surface area contributed by atoms with Gasteiger partial charge in [0.05, 0.1) is 9.83 Å². The van der Waals surface area contributed by atoms with Gasteiger partial charge in [-0.1, -0.05) is 20.8 Å². The zero-order chi connectivity index (χ0) is 13.2. The third-order valence-corrected chi connectivity index (χ3v) is 4.17. The molecule has 3 nitrogen and oxygen atoms in total. The summed E-state index contributed by atoms with van der Waals surface area (Å²) in [7, 11) is 1.79. The van der Waals surface area contributed by atoms with Crippen LogP contribution in [0.5, 0.6) is 0 Å². The molecule has 1 heterocycles. The molecular formula is C12H20BrClN2OS. The summed E-state index contributed by atoms with van der Waals surface area (Å²) in [6.07, 6.45) is 0. The van der Waals surface area contributed by atoms with Gasteiger partial charge < -0.3 is 10.6 Å². The molecule has 2 N–H and O–H groups in total. The zero-order valence-electron chi connectivity index (χ0n) is 11.1. The van der Waals surface area contributed by atoms with Crippen molar-refractivity contribution in [2.45, 2.75) is 33.4 Å². The lowest BCUT2D eigenvalue weighted by atomic mass is 9.86. The number of amides is 1. The fraction of sp³-hybridized carbons (Fsp3) is 0.583. The van der Waals surface area contributed by atoms with Crippen molar-refractivity contribution in [3.63, 3.8) is 0 Å². The van der Waals surface area contributed by atoms with Crippen molar-refractivity contribution in [1.82, 2.24) is 4.90 Å². The van der Waals surface area contributed by atoms with Gasteiger partial charge in [-0.2, -0.15) is 0 Å². The van der Waals surface area contributed by atoms with Crippen molar-refractivity contribution >= 4 is 45.6 Å². The number of halogens is 2. The molecule has 104 valence electrons. The van der Waals surface area contributed by atoms with Gasteiger partial charge in [0.15, 0.2) is 0 Å². The highest BCUT2D eigenvalue weighted by Crippen LogP contribution is 2.23. The molecule has 0 aliphatic carbocycles. The fourth-order valence-corrected chi connectivity index (χ4v) is 2.59. The van der Waals surface area contributed by atoms with E-state index in [1.54, 1.807) is 23.3 Å². The molecule has 0 saturated heterocycles. The molecule has 1 rings (SSSR count). The first-order valence-corrected chi connectivity index (χ1v) is 7.12. The molecule has 0 spiro atoms. The number of hydrogen-bond acceptors (Lipinski definition) is 3. The second kappa shape index (κ2) is 6.89.